The predicted octanol–water partition coefficient (Wildman–Crippen LogP) is 6.04. The zero-order valence-electron chi connectivity index (χ0n) is 35.3. The average Bonchev–Trinajstić information content (AvgIpc) is 3.95. The number of nitrogens with one attached hydrogen (secondary N) is 2. The van der Waals surface area contributed by atoms with Crippen molar-refractivity contribution in [1.29, 1.82) is 0 Å². The van der Waals surface area contributed by atoms with Gasteiger partial charge in [-0.1, -0.05) is 18.2 Å². The van der Waals surface area contributed by atoms with Crippen LogP contribution in [0.5, 0.6) is 0 Å². The molecule has 7 heterocycles. The van der Waals surface area contributed by atoms with E-state index in [1.807, 2.05) is 29.1 Å². The quantitative estimate of drug-likeness (QED) is 0.170. The van der Waals surface area contributed by atoms with Gasteiger partial charge in [0.1, 0.15) is 17.4 Å². The first-order valence-corrected chi connectivity index (χ1v) is 22.3. The van der Waals surface area contributed by atoms with Crippen LogP contribution in [-0.2, 0) is 27.5 Å². The van der Waals surface area contributed by atoms with Gasteiger partial charge in [0.25, 0.3) is 5.91 Å². The van der Waals surface area contributed by atoms with Crippen LogP contribution >= 0.6 is 0 Å². The summed E-state index contributed by atoms with van der Waals surface area (Å²) in [7, 11) is 1.78. The average molecular weight is 868 g/mol. The van der Waals surface area contributed by atoms with Gasteiger partial charge in [0, 0.05) is 56.9 Å². The highest BCUT2D eigenvalue weighted by Gasteiger charge is 2.50. The van der Waals surface area contributed by atoms with E-state index < -0.39 is 29.7 Å². The Morgan fingerprint density at radius 2 is 1.68 bits per heavy atom. The Kier molecular flexibility index (Phi) is 10.8. The van der Waals surface area contributed by atoms with Crippen LogP contribution in [0.4, 0.5) is 18.9 Å². The van der Waals surface area contributed by atoms with E-state index in [0.29, 0.717) is 29.9 Å². The summed E-state index contributed by atoms with van der Waals surface area (Å²) in [5, 5.41) is 10.7. The first kappa shape index (κ1) is 41.6. The zero-order chi connectivity index (χ0) is 43.6. The minimum atomic E-state index is -4.64. The van der Waals surface area contributed by atoms with E-state index in [9.17, 15) is 32.3 Å². The number of imidazole rings is 1. The number of rotatable bonds is 9. The molecule has 5 aliphatic rings. The molecule has 10 rings (SSSR count). The number of benzene rings is 2. The maximum Gasteiger partial charge on any atom is 0.433 e. The molecule has 0 bridgehead atoms. The molecule has 5 fully saturated rings. The van der Waals surface area contributed by atoms with Crippen LogP contribution in [0.15, 0.2) is 65.6 Å². The Hall–Kier alpha value is -5.39. The number of piperidine rings is 2. The number of hydrogen-bond donors (Lipinski definition) is 2. The maximum atomic E-state index is 13.5. The van der Waals surface area contributed by atoms with Gasteiger partial charge in [-0.2, -0.15) is 18.3 Å². The molecule has 1 spiro atoms. The smallest absolute Gasteiger partial charge is 0.372 e. The molecular formula is C46H52F3N9O5. The highest BCUT2D eigenvalue weighted by Crippen LogP contribution is 2.42. The molecule has 5 aromatic rings. The molecule has 14 nitrogen and oxygen atoms in total. The summed E-state index contributed by atoms with van der Waals surface area (Å²) < 4.78 is 51.1. The van der Waals surface area contributed by atoms with Crippen molar-refractivity contribution in [3.8, 4) is 0 Å². The molecule has 2 N–H and O–H groups in total. The second-order valence-electron chi connectivity index (χ2n) is 18.6. The first-order chi connectivity index (χ1) is 30.3. The van der Waals surface area contributed by atoms with Crippen LogP contribution < -0.4 is 16.3 Å². The lowest BCUT2D eigenvalue weighted by atomic mass is 9.82. The largest absolute Gasteiger partial charge is 0.433 e. The SMILES string of the molecule is Cn1c(=O)n(C2CCC(=O)NC2=O)c2cccc(C3CCN(CC4COC5(C4)CN(C[C@H]4CC[C@H](n6cc7cc(NC(=O)c8cccc(C(F)(F)F)n8)ccc7n6)CC4)C5)CC3)c21. The van der Waals surface area contributed by atoms with E-state index in [4.69, 9.17) is 9.84 Å². The highest BCUT2D eigenvalue weighted by molar-refractivity contribution is 6.04. The number of para-hydroxylation sites is 1. The Morgan fingerprint density at radius 1 is 0.921 bits per heavy atom. The lowest BCUT2D eigenvalue weighted by Crippen LogP contribution is -2.62. The van der Waals surface area contributed by atoms with E-state index in [1.165, 1.54) is 12.1 Å². The van der Waals surface area contributed by atoms with Crippen LogP contribution in [-0.4, -0.2) is 103 Å². The summed E-state index contributed by atoms with van der Waals surface area (Å²) in [4.78, 5) is 59.3. The number of aryl methyl sites for hydroxylation is 1. The van der Waals surface area contributed by atoms with Crippen LogP contribution in [0.1, 0.15) is 97.5 Å². The fraction of sp³-hybridized carbons (Fsp3) is 0.522. The van der Waals surface area contributed by atoms with Gasteiger partial charge in [-0.25, -0.2) is 9.78 Å². The molecule has 1 saturated carbocycles. The Bertz CT molecular complexity index is 2630. The summed E-state index contributed by atoms with van der Waals surface area (Å²) in [6.45, 7) is 6.85. The fourth-order valence-electron chi connectivity index (χ4n) is 11.2. The topological polar surface area (TPSA) is 149 Å². The van der Waals surface area contributed by atoms with Gasteiger partial charge in [0.2, 0.25) is 11.8 Å². The Balaban J connectivity index is 0.671. The third-order valence-electron chi connectivity index (χ3n) is 14.3. The van der Waals surface area contributed by atoms with E-state index >= 15 is 0 Å². The molecule has 3 aromatic heterocycles. The highest BCUT2D eigenvalue weighted by atomic mass is 19.4. The molecule has 17 heteroatoms. The number of anilines is 1. The summed E-state index contributed by atoms with van der Waals surface area (Å²) in [6, 6.07) is 14.2. The van der Waals surface area contributed by atoms with Crippen LogP contribution in [0, 0.1) is 11.8 Å². The molecule has 63 heavy (non-hydrogen) atoms. The molecule has 0 radical (unpaired) electrons. The van der Waals surface area contributed by atoms with Gasteiger partial charge in [0.15, 0.2) is 0 Å². The summed E-state index contributed by atoms with van der Waals surface area (Å²) >= 11 is 0. The number of ether oxygens (including phenoxy) is 1. The minimum Gasteiger partial charge on any atom is -0.372 e. The number of pyridine rings is 1. The van der Waals surface area contributed by atoms with Gasteiger partial charge in [-0.3, -0.25) is 38.4 Å². The lowest BCUT2D eigenvalue weighted by molar-refractivity contribution is -0.141. The van der Waals surface area contributed by atoms with E-state index in [-0.39, 0.29) is 35.4 Å². The second kappa shape index (κ2) is 16.3. The van der Waals surface area contributed by atoms with Gasteiger partial charge in [-0.15, -0.1) is 0 Å². The number of nitrogens with zero attached hydrogens (tertiary/aromatic N) is 7. The third kappa shape index (κ3) is 8.19. The van der Waals surface area contributed by atoms with Crippen molar-refractivity contribution in [2.75, 3.05) is 51.2 Å². The lowest BCUT2D eigenvalue weighted by Gasteiger charge is -2.49. The molecule has 4 aliphatic heterocycles. The van der Waals surface area contributed by atoms with E-state index in [2.05, 4.69) is 31.5 Å². The second-order valence-corrected chi connectivity index (χ2v) is 18.6. The summed E-state index contributed by atoms with van der Waals surface area (Å²) in [5.41, 5.74) is 2.36. The standard InChI is InChI=1S/C46H52F3N9O5/c1-54-41-34(4-2-6-37(41)58(44(54)62)38-14-15-40(59)52-43(38)61)30-16-18-55(19-17-30)23-29-21-45(63-25-29)26-56(27-45)22-28-8-11-33(12-9-28)57-24-31-20-32(10-13-35(31)53-57)50-42(60)36-5-3-7-39(51-36)46(47,48)49/h2-7,10,13,20,24,28-30,33,38H,8-9,11-12,14-19,21-23,25-27H2,1H3,(H,50,60)(H,52,59,61)/t28-,29?,33-,38?. The summed E-state index contributed by atoms with van der Waals surface area (Å²) in [6.07, 6.45) is 5.27. The van der Waals surface area contributed by atoms with Crippen LogP contribution in [0.2, 0.25) is 0 Å². The number of fused-ring (bicyclic) bond motifs is 2. The van der Waals surface area contributed by atoms with Crippen molar-refractivity contribution < 1.29 is 32.3 Å². The van der Waals surface area contributed by atoms with Crippen molar-refractivity contribution in [2.24, 2.45) is 18.9 Å². The van der Waals surface area contributed by atoms with Crippen molar-refractivity contribution in [2.45, 2.75) is 87.6 Å². The number of aromatic nitrogens is 5. The van der Waals surface area contributed by atoms with Gasteiger partial charge in [0.05, 0.1) is 34.8 Å². The monoisotopic (exact) mass is 867 g/mol. The summed E-state index contributed by atoms with van der Waals surface area (Å²) in [5.74, 6) is 0.0220. The maximum absolute atomic E-state index is 13.5. The van der Waals surface area contributed by atoms with Crippen molar-refractivity contribution in [3.05, 3.63) is 88.2 Å². The van der Waals surface area contributed by atoms with Gasteiger partial charge >= 0.3 is 11.9 Å². The normalized spacial score (nSPS) is 24.9. The van der Waals surface area contributed by atoms with E-state index in [1.54, 1.807) is 28.3 Å². The predicted molar refractivity (Wildman–Crippen MR) is 228 cm³/mol. The van der Waals surface area contributed by atoms with Crippen molar-refractivity contribution >= 4 is 45.3 Å². The number of hydrogen-bond acceptors (Lipinski definition) is 9. The molecule has 332 valence electrons. The van der Waals surface area contributed by atoms with Crippen LogP contribution in [0.25, 0.3) is 21.9 Å². The number of halogens is 3. The minimum absolute atomic E-state index is 0.0343. The molecule has 3 amide bonds. The number of alkyl halides is 3. The van der Waals surface area contributed by atoms with Gasteiger partial charge < -0.3 is 15.0 Å². The Labute approximate surface area is 361 Å². The molecule has 2 aromatic carbocycles. The number of carbonyl (C=O) groups is 3. The number of imide groups is 1. The molecule has 4 saturated heterocycles. The third-order valence-corrected chi connectivity index (χ3v) is 14.3. The van der Waals surface area contributed by atoms with Gasteiger partial charge in [-0.05, 0) is 124 Å². The number of amides is 3. The Morgan fingerprint density at radius 3 is 2.44 bits per heavy atom. The molecule has 2 unspecified atom stereocenters. The number of carbonyl (C=O) groups excluding carboxylic acids is 3. The number of likely N-dealkylation sites (tertiary alicyclic amines) is 2. The van der Waals surface area contributed by atoms with Crippen LogP contribution in [0.3, 0.4) is 0 Å². The molecule has 1 aliphatic carbocycles. The zero-order valence-corrected chi connectivity index (χ0v) is 35.3. The molecule has 2 atom stereocenters. The fourth-order valence-corrected chi connectivity index (χ4v) is 11.2. The molecular weight excluding hydrogens is 816 g/mol. The van der Waals surface area contributed by atoms with E-state index in [0.717, 1.165) is 124 Å². The van der Waals surface area contributed by atoms with Crippen molar-refractivity contribution in [3.63, 3.8) is 0 Å². The van der Waals surface area contributed by atoms with Crippen molar-refractivity contribution in [1.82, 2.24) is 39.0 Å². The first-order valence-electron chi connectivity index (χ1n) is 22.3.